The first-order valence-corrected chi connectivity index (χ1v) is 5.40. The van der Waals surface area contributed by atoms with Gasteiger partial charge in [-0.25, -0.2) is 0 Å². The van der Waals surface area contributed by atoms with Crippen LogP contribution in [-0.4, -0.2) is 5.11 Å². The molecule has 0 atom stereocenters. The molecule has 1 nitrogen and oxygen atoms in total. The average molecular weight is 425 g/mol. The van der Waals surface area contributed by atoms with Gasteiger partial charge in [-0.05, 0) is 73.2 Å². The van der Waals surface area contributed by atoms with Crippen molar-refractivity contribution < 1.29 is 5.11 Å². The molecule has 1 aromatic rings. The van der Waals surface area contributed by atoms with Crippen LogP contribution in [0.3, 0.4) is 0 Å². The summed E-state index contributed by atoms with van der Waals surface area (Å²) in [6.45, 7) is 0. The summed E-state index contributed by atoms with van der Waals surface area (Å²) in [7, 11) is 0. The van der Waals surface area contributed by atoms with Gasteiger partial charge in [0.25, 0.3) is 0 Å². The molecule has 0 heterocycles. The summed E-state index contributed by atoms with van der Waals surface area (Å²) in [5.41, 5.74) is 0. The fourth-order valence-electron chi connectivity index (χ4n) is 0.516. The molecule has 1 rings (SSSR count). The topological polar surface area (TPSA) is 20.2 Å². The Labute approximate surface area is 94.6 Å². The second kappa shape index (κ2) is 3.57. The zero-order valence-electron chi connectivity index (χ0n) is 4.74. The van der Waals surface area contributed by atoms with Crippen LogP contribution >= 0.6 is 61.1 Å². The Morgan fingerprint density at radius 1 is 1.20 bits per heavy atom. The van der Waals surface area contributed by atoms with E-state index in [2.05, 4.69) is 61.1 Å². The summed E-state index contributed by atoms with van der Waals surface area (Å²) in [6.07, 6.45) is 0. The zero-order valence-corrected chi connectivity index (χ0v) is 10.6. The lowest BCUT2D eigenvalue weighted by molar-refractivity contribution is 0.467. The maximum absolute atomic E-state index is 9.33. The molecule has 0 aromatic heterocycles. The quantitative estimate of drug-likeness (QED) is 0.500. The molecule has 4 heteroatoms. The van der Waals surface area contributed by atoms with E-state index in [1.807, 2.05) is 12.1 Å². The number of rotatable bonds is 0. The molecular weight excluding hydrogens is 422 g/mol. The molecule has 0 spiro atoms. The van der Waals surface area contributed by atoms with Crippen molar-refractivity contribution in [1.82, 2.24) is 0 Å². The highest BCUT2D eigenvalue weighted by molar-refractivity contribution is 14.1. The second-order valence-corrected chi connectivity index (χ2v) is 4.81. The molecule has 0 saturated heterocycles. The molecule has 0 fully saturated rings. The smallest absolute Gasteiger partial charge is 0.144 e. The Hall–Kier alpha value is 0.960. The summed E-state index contributed by atoms with van der Waals surface area (Å²) < 4.78 is 2.67. The fourth-order valence-corrected chi connectivity index (χ4v) is 2.12. The maximum atomic E-state index is 9.33. The van der Waals surface area contributed by atoms with Crippen LogP contribution in [0.25, 0.3) is 0 Å². The van der Waals surface area contributed by atoms with Crippen LogP contribution < -0.4 is 0 Å². The van der Waals surface area contributed by atoms with E-state index in [-0.39, 0.29) is 0 Å². The Morgan fingerprint density at radius 3 is 2.20 bits per heavy atom. The Morgan fingerprint density at radius 2 is 1.70 bits per heavy atom. The molecule has 10 heavy (non-hydrogen) atoms. The molecule has 0 aliphatic rings. The number of benzene rings is 1. The van der Waals surface area contributed by atoms with Gasteiger partial charge in [0.15, 0.2) is 0 Å². The van der Waals surface area contributed by atoms with Crippen molar-refractivity contribution in [1.29, 1.82) is 0 Å². The van der Waals surface area contributed by atoms with Gasteiger partial charge in [-0.15, -0.1) is 0 Å². The van der Waals surface area contributed by atoms with Crippen LogP contribution in [0, 0.1) is 7.14 Å². The minimum Gasteiger partial charge on any atom is -0.506 e. The number of phenolic OH excluding ortho intramolecular Hbond substituents is 1. The van der Waals surface area contributed by atoms with E-state index in [0.717, 1.165) is 11.6 Å². The third-order valence-corrected chi connectivity index (χ3v) is 4.33. The van der Waals surface area contributed by atoms with Gasteiger partial charge in [-0.1, -0.05) is 0 Å². The van der Waals surface area contributed by atoms with E-state index in [1.54, 1.807) is 0 Å². The first-order valence-electron chi connectivity index (χ1n) is 2.45. The standard InChI is InChI=1S/C6H3BrI2O/c7-5-3(8)1-2-4(9)6(5)10/h1-2,10H. The monoisotopic (exact) mass is 424 g/mol. The van der Waals surface area contributed by atoms with E-state index in [1.165, 1.54) is 0 Å². The molecule has 0 bridgehead atoms. The summed E-state index contributed by atoms with van der Waals surface area (Å²) >= 11 is 7.51. The van der Waals surface area contributed by atoms with Gasteiger partial charge in [0, 0.05) is 3.57 Å². The van der Waals surface area contributed by atoms with Crippen LogP contribution in [0.15, 0.2) is 16.6 Å². The minimum atomic E-state index is 0.326. The largest absolute Gasteiger partial charge is 0.506 e. The number of phenols is 1. The number of hydrogen-bond acceptors (Lipinski definition) is 1. The van der Waals surface area contributed by atoms with Gasteiger partial charge in [-0.2, -0.15) is 0 Å². The van der Waals surface area contributed by atoms with Gasteiger partial charge < -0.3 is 5.11 Å². The van der Waals surface area contributed by atoms with Crippen molar-refractivity contribution in [3.8, 4) is 5.75 Å². The van der Waals surface area contributed by atoms with Crippen molar-refractivity contribution >= 4 is 61.1 Å². The highest BCUT2D eigenvalue weighted by Crippen LogP contribution is 2.32. The molecule has 0 saturated carbocycles. The average Bonchev–Trinajstić information content (AvgIpc) is 1.93. The third-order valence-electron chi connectivity index (χ3n) is 1.02. The molecule has 0 aliphatic carbocycles. The maximum Gasteiger partial charge on any atom is 0.144 e. The lowest BCUT2D eigenvalue weighted by Gasteiger charge is -2.00. The Balaban J connectivity index is 3.34. The van der Waals surface area contributed by atoms with Gasteiger partial charge in [0.2, 0.25) is 0 Å². The number of hydrogen-bond donors (Lipinski definition) is 1. The molecule has 1 N–H and O–H groups in total. The number of aromatic hydroxyl groups is 1. The molecule has 0 aliphatic heterocycles. The lowest BCUT2D eigenvalue weighted by atomic mass is 10.3. The van der Waals surface area contributed by atoms with E-state index in [4.69, 9.17) is 0 Å². The van der Waals surface area contributed by atoms with Crippen LogP contribution in [0.2, 0.25) is 0 Å². The highest BCUT2D eigenvalue weighted by atomic mass is 127. The first kappa shape index (κ1) is 9.05. The Bertz CT molecular complexity index is 235. The van der Waals surface area contributed by atoms with Crippen molar-refractivity contribution in [2.75, 3.05) is 0 Å². The highest BCUT2D eigenvalue weighted by Gasteiger charge is 2.04. The molecule has 0 amide bonds. The SMILES string of the molecule is Oc1c(I)ccc(I)c1Br. The second-order valence-electron chi connectivity index (χ2n) is 1.69. The van der Waals surface area contributed by atoms with E-state index in [9.17, 15) is 5.11 Å². The van der Waals surface area contributed by atoms with E-state index >= 15 is 0 Å². The van der Waals surface area contributed by atoms with Crippen LogP contribution in [0.5, 0.6) is 5.75 Å². The molecule has 0 radical (unpaired) electrons. The van der Waals surface area contributed by atoms with Gasteiger partial charge in [-0.3, -0.25) is 0 Å². The summed E-state index contributed by atoms with van der Waals surface area (Å²) in [5.74, 6) is 0.326. The first-order chi connectivity index (χ1) is 4.63. The predicted molar refractivity (Wildman–Crippen MR) is 61.2 cm³/mol. The fraction of sp³-hybridized carbons (Fsp3) is 0. The molecular formula is C6H3BrI2O. The van der Waals surface area contributed by atoms with Gasteiger partial charge in [0.1, 0.15) is 5.75 Å². The summed E-state index contributed by atoms with van der Waals surface area (Å²) in [6, 6.07) is 3.83. The summed E-state index contributed by atoms with van der Waals surface area (Å²) in [5, 5.41) is 9.33. The van der Waals surface area contributed by atoms with Crippen molar-refractivity contribution in [3.63, 3.8) is 0 Å². The van der Waals surface area contributed by atoms with Crippen molar-refractivity contribution in [2.24, 2.45) is 0 Å². The summed E-state index contributed by atoms with van der Waals surface area (Å²) in [4.78, 5) is 0. The minimum absolute atomic E-state index is 0.326. The molecule has 1 aromatic carbocycles. The van der Waals surface area contributed by atoms with Gasteiger partial charge >= 0.3 is 0 Å². The predicted octanol–water partition coefficient (Wildman–Crippen LogP) is 3.36. The number of halogens is 3. The Kier molecular flexibility index (Phi) is 3.23. The van der Waals surface area contributed by atoms with Crippen LogP contribution in [0.1, 0.15) is 0 Å². The van der Waals surface area contributed by atoms with Crippen LogP contribution in [-0.2, 0) is 0 Å². The lowest BCUT2D eigenvalue weighted by Crippen LogP contribution is -1.78. The molecule has 54 valence electrons. The molecule has 0 unspecified atom stereocenters. The normalized spacial score (nSPS) is 9.90. The van der Waals surface area contributed by atoms with E-state index in [0.29, 0.717) is 5.75 Å². The zero-order chi connectivity index (χ0) is 7.72. The van der Waals surface area contributed by atoms with Crippen molar-refractivity contribution in [3.05, 3.63) is 23.7 Å². The van der Waals surface area contributed by atoms with Gasteiger partial charge in [0.05, 0.1) is 8.04 Å². The van der Waals surface area contributed by atoms with Crippen molar-refractivity contribution in [2.45, 2.75) is 0 Å². The van der Waals surface area contributed by atoms with Crippen LogP contribution in [0.4, 0.5) is 0 Å². The van der Waals surface area contributed by atoms with E-state index < -0.39 is 0 Å². The third kappa shape index (κ3) is 1.76.